The quantitative estimate of drug-likeness (QED) is 0.435. The fourth-order valence-corrected chi connectivity index (χ4v) is 5.13. The number of benzene rings is 2. The van der Waals surface area contributed by atoms with Crippen molar-refractivity contribution in [3.05, 3.63) is 53.1 Å². The van der Waals surface area contributed by atoms with E-state index in [2.05, 4.69) is 10.6 Å². The molecule has 2 aliphatic rings. The van der Waals surface area contributed by atoms with Gasteiger partial charge in [0.05, 0.1) is 19.7 Å². The lowest BCUT2D eigenvalue weighted by Crippen LogP contribution is -2.20. The van der Waals surface area contributed by atoms with Crippen molar-refractivity contribution >= 4 is 22.5 Å². The molecule has 0 spiro atoms. The van der Waals surface area contributed by atoms with Gasteiger partial charge in [0.15, 0.2) is 11.5 Å². The van der Waals surface area contributed by atoms with Crippen molar-refractivity contribution in [1.82, 2.24) is 24.9 Å². The zero-order valence-corrected chi connectivity index (χ0v) is 19.5. The molecule has 8 nitrogen and oxygen atoms in total. The third kappa shape index (κ3) is 3.18. The van der Waals surface area contributed by atoms with Crippen LogP contribution in [0.4, 0.5) is 10.3 Å². The molecule has 2 atom stereocenters. The number of ether oxygens (including phenoxy) is 2. The summed E-state index contributed by atoms with van der Waals surface area (Å²) < 4.78 is 27.3. The summed E-state index contributed by atoms with van der Waals surface area (Å²) in [5.74, 6) is 3.14. The summed E-state index contributed by atoms with van der Waals surface area (Å²) in [6.07, 6.45) is 1.68. The molecular weight excluding hydrogens is 435 g/mol. The van der Waals surface area contributed by atoms with E-state index in [1.807, 2.05) is 31.2 Å². The van der Waals surface area contributed by atoms with Crippen LogP contribution in [0.5, 0.6) is 11.5 Å². The standard InChI is InChI=1S/C25H27FN6O2/c1-4-14-7-20-18(9-19(14)26)22-30-23(25-10-16(25)12-27-13-25)31-32(22)24(29-20)28-11-15-5-6-17(33-2)8-21(15)34-3/h5-9,16,27H,4,10-13H2,1-3H3,(H,28,29). The Morgan fingerprint density at radius 1 is 1.18 bits per heavy atom. The molecule has 1 aliphatic heterocycles. The lowest BCUT2D eigenvalue weighted by molar-refractivity contribution is 0.391. The van der Waals surface area contributed by atoms with Crippen molar-refractivity contribution < 1.29 is 13.9 Å². The topological polar surface area (TPSA) is 85.6 Å². The molecule has 2 aromatic heterocycles. The maximum atomic E-state index is 14.7. The summed E-state index contributed by atoms with van der Waals surface area (Å²) >= 11 is 0. The summed E-state index contributed by atoms with van der Waals surface area (Å²) in [5.41, 5.74) is 2.89. The van der Waals surface area contributed by atoms with Crippen LogP contribution < -0.4 is 20.1 Å². The molecule has 3 heterocycles. The summed E-state index contributed by atoms with van der Waals surface area (Å²) in [4.78, 5) is 9.76. The van der Waals surface area contributed by atoms with Gasteiger partial charge in [-0.05, 0) is 55.1 Å². The number of rotatable bonds is 7. The van der Waals surface area contributed by atoms with Crippen molar-refractivity contribution in [3.63, 3.8) is 0 Å². The van der Waals surface area contributed by atoms with Crippen molar-refractivity contribution in [1.29, 1.82) is 0 Å². The minimum absolute atomic E-state index is 0.0171. The Morgan fingerprint density at radius 2 is 2.06 bits per heavy atom. The number of nitrogens with one attached hydrogen (secondary N) is 2. The Hall–Kier alpha value is -3.46. The fourth-order valence-electron chi connectivity index (χ4n) is 5.13. The van der Waals surface area contributed by atoms with Gasteiger partial charge in [-0.1, -0.05) is 6.92 Å². The number of aromatic nitrogens is 4. The number of piperidine rings is 1. The number of fused-ring (bicyclic) bond motifs is 4. The van der Waals surface area contributed by atoms with Crippen molar-refractivity contribution in [2.45, 2.75) is 31.7 Å². The van der Waals surface area contributed by atoms with E-state index in [0.29, 0.717) is 46.9 Å². The van der Waals surface area contributed by atoms with Gasteiger partial charge < -0.3 is 20.1 Å². The predicted molar refractivity (Wildman–Crippen MR) is 127 cm³/mol. The fraction of sp³-hybridized carbons (Fsp3) is 0.400. The Kier molecular flexibility index (Phi) is 4.84. The van der Waals surface area contributed by atoms with Gasteiger partial charge in [0, 0.05) is 35.5 Å². The molecule has 0 amide bonds. The monoisotopic (exact) mass is 462 g/mol. The van der Waals surface area contributed by atoms with E-state index >= 15 is 0 Å². The number of anilines is 1. The van der Waals surface area contributed by atoms with Crippen LogP contribution in [0, 0.1) is 11.7 Å². The lowest BCUT2D eigenvalue weighted by atomic mass is 10.1. The van der Waals surface area contributed by atoms with Crippen LogP contribution in [-0.4, -0.2) is 46.9 Å². The first kappa shape index (κ1) is 21.1. The number of nitrogens with zero attached hydrogens (tertiary/aromatic N) is 4. The van der Waals surface area contributed by atoms with Crippen molar-refractivity contribution in [2.24, 2.45) is 5.92 Å². The van der Waals surface area contributed by atoms with E-state index in [9.17, 15) is 4.39 Å². The van der Waals surface area contributed by atoms with Gasteiger partial charge in [-0.15, -0.1) is 5.10 Å². The third-order valence-electron chi connectivity index (χ3n) is 7.26. The molecule has 9 heteroatoms. The number of hydrogen-bond donors (Lipinski definition) is 2. The van der Waals surface area contributed by atoms with Crippen LogP contribution in [0.25, 0.3) is 16.6 Å². The average Bonchev–Trinajstić information content (AvgIpc) is 3.19. The third-order valence-corrected chi connectivity index (χ3v) is 7.26. The Balaban J connectivity index is 1.46. The molecule has 0 bridgehead atoms. The summed E-state index contributed by atoms with van der Waals surface area (Å²) in [5, 5.41) is 12.4. The zero-order chi connectivity index (χ0) is 23.4. The van der Waals surface area contributed by atoms with E-state index in [4.69, 9.17) is 24.5 Å². The minimum atomic E-state index is -0.239. The van der Waals surface area contributed by atoms with Crippen LogP contribution in [0.3, 0.4) is 0 Å². The van der Waals surface area contributed by atoms with E-state index in [0.717, 1.165) is 42.4 Å². The molecule has 2 unspecified atom stereocenters. The van der Waals surface area contributed by atoms with Gasteiger partial charge in [-0.2, -0.15) is 4.52 Å². The number of methoxy groups -OCH3 is 2. The van der Waals surface area contributed by atoms with E-state index in [-0.39, 0.29) is 11.2 Å². The van der Waals surface area contributed by atoms with Crippen LogP contribution in [-0.2, 0) is 18.4 Å². The molecule has 2 N–H and O–H groups in total. The number of hydrogen-bond acceptors (Lipinski definition) is 7. The van der Waals surface area contributed by atoms with Gasteiger partial charge in [-0.25, -0.2) is 14.4 Å². The van der Waals surface area contributed by atoms with Crippen molar-refractivity contribution in [2.75, 3.05) is 32.6 Å². The maximum Gasteiger partial charge on any atom is 0.226 e. The highest BCUT2D eigenvalue weighted by Gasteiger charge is 2.61. The highest BCUT2D eigenvalue weighted by atomic mass is 19.1. The highest BCUT2D eigenvalue weighted by molar-refractivity contribution is 5.93. The molecular formula is C25H27FN6O2. The molecule has 34 heavy (non-hydrogen) atoms. The first-order chi connectivity index (χ1) is 16.6. The van der Waals surface area contributed by atoms with E-state index in [1.54, 1.807) is 24.8 Å². The predicted octanol–water partition coefficient (Wildman–Crippen LogP) is 3.47. The first-order valence-electron chi connectivity index (χ1n) is 11.6. The van der Waals surface area contributed by atoms with Crippen LogP contribution in [0.1, 0.15) is 30.3 Å². The average molecular weight is 463 g/mol. The maximum absolute atomic E-state index is 14.7. The number of halogens is 1. The molecule has 2 fully saturated rings. The SMILES string of the molecule is CCc1cc2nc(NCc3ccc(OC)cc3OC)n3nc(C45CNCC4C5)nc3c2cc1F. The van der Waals surface area contributed by atoms with E-state index in [1.165, 1.54) is 0 Å². The molecule has 176 valence electrons. The van der Waals surface area contributed by atoms with Gasteiger partial charge in [0.2, 0.25) is 5.95 Å². The highest BCUT2D eigenvalue weighted by Crippen LogP contribution is 2.55. The molecule has 1 saturated heterocycles. The summed E-state index contributed by atoms with van der Waals surface area (Å²) in [6.45, 7) is 4.27. The van der Waals surface area contributed by atoms with Crippen LogP contribution in [0.2, 0.25) is 0 Å². The molecule has 0 radical (unpaired) electrons. The van der Waals surface area contributed by atoms with Gasteiger partial charge in [0.1, 0.15) is 17.3 Å². The number of aryl methyl sites for hydroxylation is 1. The van der Waals surface area contributed by atoms with Gasteiger partial charge >= 0.3 is 0 Å². The molecule has 2 aromatic carbocycles. The molecule has 1 saturated carbocycles. The Labute approximate surface area is 196 Å². The molecule has 1 aliphatic carbocycles. The second kappa shape index (κ2) is 7.80. The molecule has 6 rings (SSSR count). The molecule has 4 aromatic rings. The van der Waals surface area contributed by atoms with Crippen molar-refractivity contribution in [3.8, 4) is 11.5 Å². The lowest BCUT2D eigenvalue weighted by Gasteiger charge is -2.13. The van der Waals surface area contributed by atoms with Crippen LogP contribution >= 0.6 is 0 Å². The normalized spacial score (nSPS) is 21.1. The minimum Gasteiger partial charge on any atom is -0.497 e. The Bertz CT molecular complexity index is 1420. The second-order valence-corrected chi connectivity index (χ2v) is 9.14. The second-order valence-electron chi connectivity index (χ2n) is 9.14. The van der Waals surface area contributed by atoms with Crippen LogP contribution in [0.15, 0.2) is 30.3 Å². The smallest absolute Gasteiger partial charge is 0.226 e. The first-order valence-corrected chi connectivity index (χ1v) is 11.6. The summed E-state index contributed by atoms with van der Waals surface area (Å²) in [7, 11) is 3.26. The largest absolute Gasteiger partial charge is 0.497 e. The van der Waals surface area contributed by atoms with Gasteiger partial charge in [-0.3, -0.25) is 0 Å². The zero-order valence-electron chi connectivity index (χ0n) is 19.5. The summed E-state index contributed by atoms with van der Waals surface area (Å²) in [6, 6.07) is 9.06. The van der Waals surface area contributed by atoms with E-state index < -0.39 is 0 Å². The Morgan fingerprint density at radius 3 is 2.76 bits per heavy atom. The van der Waals surface area contributed by atoms with Gasteiger partial charge in [0.25, 0.3) is 0 Å².